The van der Waals surface area contributed by atoms with Crippen LogP contribution >= 0.6 is 12.6 Å². The molecule has 0 radical (unpaired) electrons. The molecule has 0 spiro atoms. The van der Waals surface area contributed by atoms with Crippen molar-refractivity contribution in [2.45, 2.75) is 53.5 Å². The molecule has 8 heteroatoms. The fourth-order valence-corrected chi connectivity index (χ4v) is 3.39. The zero-order chi connectivity index (χ0) is 25.3. The first kappa shape index (κ1) is 29.9. The monoisotopic (exact) mass is 489 g/mol. The number of aromatic nitrogens is 2. The SMILES string of the molecule is CC.CCCN(CC1CC1)c1cc(C(=O)Nc2ccc(CNCCOC)cc2C)ncn1.CS. The first-order valence-electron chi connectivity index (χ1n) is 12.2. The van der Waals surface area contributed by atoms with Gasteiger partial charge in [-0.3, -0.25) is 4.79 Å². The number of benzene rings is 1. The summed E-state index contributed by atoms with van der Waals surface area (Å²) in [6.07, 6.45) is 6.80. The summed E-state index contributed by atoms with van der Waals surface area (Å²) < 4.78 is 5.04. The normalized spacial score (nSPS) is 12.1. The van der Waals surface area contributed by atoms with Crippen molar-refractivity contribution < 1.29 is 9.53 Å². The number of carbonyl (C=O) groups is 1. The van der Waals surface area contributed by atoms with E-state index in [0.29, 0.717) is 12.3 Å². The number of methoxy groups -OCH3 is 1. The van der Waals surface area contributed by atoms with Crippen molar-refractivity contribution in [1.82, 2.24) is 15.3 Å². The van der Waals surface area contributed by atoms with E-state index in [1.54, 1.807) is 19.4 Å². The second-order valence-corrected chi connectivity index (χ2v) is 7.92. The summed E-state index contributed by atoms with van der Waals surface area (Å²) >= 11 is 3.53. The molecule has 1 amide bonds. The number of ether oxygens (including phenoxy) is 1. The van der Waals surface area contributed by atoms with Gasteiger partial charge in [0, 0.05) is 45.0 Å². The van der Waals surface area contributed by atoms with Gasteiger partial charge < -0.3 is 20.3 Å². The average Bonchev–Trinajstić information content (AvgIpc) is 3.70. The molecule has 0 unspecified atom stereocenters. The Morgan fingerprint density at radius 1 is 1.21 bits per heavy atom. The molecule has 0 bridgehead atoms. The van der Waals surface area contributed by atoms with Gasteiger partial charge in [0.15, 0.2) is 0 Å². The van der Waals surface area contributed by atoms with E-state index in [-0.39, 0.29) is 5.91 Å². The van der Waals surface area contributed by atoms with Gasteiger partial charge in [-0.2, -0.15) is 12.6 Å². The van der Waals surface area contributed by atoms with Crippen LogP contribution in [0.25, 0.3) is 0 Å². The van der Waals surface area contributed by atoms with E-state index >= 15 is 0 Å². The Kier molecular flexibility index (Phi) is 15.2. The second-order valence-electron chi connectivity index (χ2n) is 7.92. The number of amides is 1. The number of hydrogen-bond donors (Lipinski definition) is 3. The highest BCUT2D eigenvalue weighted by Crippen LogP contribution is 2.31. The Morgan fingerprint density at radius 3 is 2.56 bits per heavy atom. The van der Waals surface area contributed by atoms with Crippen LogP contribution in [0.3, 0.4) is 0 Å². The van der Waals surface area contributed by atoms with Crippen molar-refractivity contribution in [3.63, 3.8) is 0 Å². The number of thiol groups is 1. The van der Waals surface area contributed by atoms with Crippen LogP contribution in [0.5, 0.6) is 0 Å². The predicted molar refractivity (Wildman–Crippen MR) is 146 cm³/mol. The summed E-state index contributed by atoms with van der Waals surface area (Å²) in [4.78, 5) is 23.7. The summed E-state index contributed by atoms with van der Waals surface area (Å²) in [6, 6.07) is 7.85. The lowest BCUT2D eigenvalue weighted by molar-refractivity contribution is 0.102. The number of nitrogens with one attached hydrogen (secondary N) is 2. The molecule has 0 saturated heterocycles. The zero-order valence-electron chi connectivity index (χ0n) is 21.7. The van der Waals surface area contributed by atoms with E-state index in [9.17, 15) is 4.79 Å². The highest BCUT2D eigenvalue weighted by atomic mass is 32.1. The summed E-state index contributed by atoms with van der Waals surface area (Å²) in [5.74, 6) is 1.38. The summed E-state index contributed by atoms with van der Waals surface area (Å²) in [5.41, 5.74) is 3.37. The summed E-state index contributed by atoms with van der Waals surface area (Å²) in [7, 11) is 1.69. The molecule has 7 nitrogen and oxygen atoms in total. The number of hydrogen-bond acceptors (Lipinski definition) is 7. The molecular formula is C26H43N5O2S. The van der Waals surface area contributed by atoms with E-state index in [2.05, 4.69) is 51.1 Å². The van der Waals surface area contributed by atoms with Crippen molar-refractivity contribution >= 4 is 30.0 Å². The van der Waals surface area contributed by atoms with Crippen molar-refractivity contribution in [3.05, 3.63) is 47.4 Å². The van der Waals surface area contributed by atoms with Gasteiger partial charge in [-0.15, -0.1) is 0 Å². The largest absolute Gasteiger partial charge is 0.383 e. The minimum atomic E-state index is -0.212. The maximum atomic E-state index is 12.8. The van der Waals surface area contributed by atoms with Gasteiger partial charge in [-0.1, -0.05) is 32.9 Å². The van der Waals surface area contributed by atoms with Gasteiger partial charge in [-0.25, -0.2) is 9.97 Å². The minimum Gasteiger partial charge on any atom is -0.383 e. The van der Waals surface area contributed by atoms with Crippen molar-refractivity contribution in [2.24, 2.45) is 5.92 Å². The molecule has 1 aromatic heterocycles. The summed E-state index contributed by atoms with van der Waals surface area (Å²) in [6.45, 7) is 12.4. The Hall–Kier alpha value is -2.16. The molecule has 1 fully saturated rings. The average molecular weight is 490 g/mol. The molecule has 1 aliphatic rings. The number of carbonyl (C=O) groups excluding carboxylic acids is 1. The van der Waals surface area contributed by atoms with Crippen LogP contribution in [0.1, 0.15) is 61.6 Å². The lowest BCUT2D eigenvalue weighted by atomic mass is 10.1. The number of rotatable bonds is 12. The highest BCUT2D eigenvalue weighted by Gasteiger charge is 2.25. The van der Waals surface area contributed by atoms with Crippen LogP contribution < -0.4 is 15.5 Å². The topological polar surface area (TPSA) is 79.4 Å². The van der Waals surface area contributed by atoms with Gasteiger partial charge in [0.1, 0.15) is 17.8 Å². The maximum absolute atomic E-state index is 12.8. The molecule has 1 aromatic carbocycles. The van der Waals surface area contributed by atoms with Crippen molar-refractivity contribution in [3.8, 4) is 0 Å². The molecule has 2 aromatic rings. The highest BCUT2D eigenvalue weighted by molar-refractivity contribution is 7.79. The second kappa shape index (κ2) is 17.3. The van der Waals surface area contributed by atoms with Crippen LogP contribution in [0.4, 0.5) is 11.5 Å². The van der Waals surface area contributed by atoms with Gasteiger partial charge in [0.25, 0.3) is 5.91 Å². The molecule has 34 heavy (non-hydrogen) atoms. The smallest absolute Gasteiger partial charge is 0.274 e. The van der Waals surface area contributed by atoms with Crippen molar-refractivity contribution in [2.75, 3.05) is 49.8 Å². The standard InChI is InChI=1S/C23H33N5O2.C2H6.CH4S/c1-4-10-28(15-18-5-6-18)22-13-21(25-16-26-22)23(29)27-20-8-7-19(12-17(20)2)14-24-9-11-30-3;2*1-2/h7-8,12-13,16,18,24H,4-6,9-11,14-15H2,1-3H3,(H,27,29);1-2H3;2H,1H3. The molecular weight excluding hydrogens is 446 g/mol. The van der Waals surface area contributed by atoms with Gasteiger partial charge in [0.2, 0.25) is 0 Å². The van der Waals surface area contributed by atoms with Crippen LogP contribution in [0, 0.1) is 12.8 Å². The molecule has 1 aliphatic carbocycles. The Balaban J connectivity index is 0.00000137. The summed E-state index contributed by atoms with van der Waals surface area (Å²) in [5, 5.41) is 6.32. The van der Waals surface area contributed by atoms with Gasteiger partial charge in [0.05, 0.1) is 6.61 Å². The molecule has 1 heterocycles. The molecule has 2 N–H and O–H groups in total. The first-order valence-corrected chi connectivity index (χ1v) is 13.1. The maximum Gasteiger partial charge on any atom is 0.274 e. The molecule has 3 rings (SSSR count). The van der Waals surface area contributed by atoms with E-state index in [0.717, 1.165) is 55.6 Å². The van der Waals surface area contributed by atoms with Crippen molar-refractivity contribution in [1.29, 1.82) is 0 Å². The Morgan fingerprint density at radius 2 is 1.94 bits per heavy atom. The van der Waals surface area contributed by atoms with Crippen LogP contribution in [0.15, 0.2) is 30.6 Å². The molecule has 190 valence electrons. The number of anilines is 2. The van der Waals surface area contributed by atoms with E-state index in [1.807, 2.05) is 32.9 Å². The number of nitrogens with zero attached hydrogens (tertiary/aromatic N) is 3. The van der Waals surface area contributed by atoms with Gasteiger partial charge >= 0.3 is 0 Å². The third kappa shape index (κ3) is 10.4. The molecule has 0 aliphatic heterocycles. The third-order valence-corrected chi connectivity index (χ3v) is 5.23. The lowest BCUT2D eigenvalue weighted by Crippen LogP contribution is -2.28. The Bertz CT molecular complexity index is 846. The quantitative estimate of drug-likeness (QED) is 0.288. The third-order valence-electron chi connectivity index (χ3n) is 5.23. The van der Waals surface area contributed by atoms with E-state index in [4.69, 9.17) is 4.74 Å². The van der Waals surface area contributed by atoms with E-state index < -0.39 is 0 Å². The van der Waals surface area contributed by atoms with E-state index in [1.165, 1.54) is 24.7 Å². The minimum absolute atomic E-state index is 0.212. The van der Waals surface area contributed by atoms with Crippen LogP contribution in [-0.4, -0.2) is 55.5 Å². The van der Waals surface area contributed by atoms with Crippen LogP contribution in [0.2, 0.25) is 0 Å². The predicted octanol–water partition coefficient (Wildman–Crippen LogP) is 4.97. The lowest BCUT2D eigenvalue weighted by Gasteiger charge is -2.23. The number of aryl methyl sites for hydroxylation is 1. The van der Waals surface area contributed by atoms with Gasteiger partial charge in [-0.05, 0) is 55.6 Å². The first-order chi connectivity index (χ1) is 16.6. The Labute approximate surface area is 211 Å². The molecule has 0 atom stereocenters. The van der Waals surface area contributed by atoms with Crippen LogP contribution in [-0.2, 0) is 11.3 Å². The molecule has 1 saturated carbocycles. The zero-order valence-corrected chi connectivity index (χ0v) is 22.6. The fourth-order valence-electron chi connectivity index (χ4n) is 3.39. The fraction of sp³-hybridized carbons (Fsp3) is 0.577.